The maximum absolute atomic E-state index is 11.2. The molecular weight excluding hydrogens is 118 g/mol. The van der Waals surface area contributed by atoms with E-state index >= 15 is 0 Å². The Hall–Kier alpha value is 0.210. The summed E-state index contributed by atoms with van der Waals surface area (Å²) >= 11 is 3.76. The Morgan fingerprint density at radius 2 is 2.00 bits per heavy atom. The number of halogens is 2. The standard InChI is InChI=1S/C4H8F2S/c5-4(6)2-1-3-7/h4,7H,1-3H2. The van der Waals surface area contributed by atoms with Crippen LogP contribution in [0.5, 0.6) is 0 Å². The number of hydrogen-bond donors (Lipinski definition) is 1. The summed E-state index contributed by atoms with van der Waals surface area (Å²) in [6.07, 6.45) is -1.64. The van der Waals surface area contributed by atoms with Crippen LogP contribution in [-0.4, -0.2) is 12.2 Å². The molecule has 0 aromatic rings. The predicted octanol–water partition coefficient (Wildman–Crippen LogP) is 1.96. The molecule has 0 saturated heterocycles. The van der Waals surface area contributed by atoms with Crippen LogP contribution in [0.1, 0.15) is 12.8 Å². The Kier molecular flexibility index (Phi) is 4.50. The van der Waals surface area contributed by atoms with Crippen molar-refractivity contribution < 1.29 is 8.78 Å². The van der Waals surface area contributed by atoms with Gasteiger partial charge in [0.15, 0.2) is 0 Å². The van der Waals surface area contributed by atoms with E-state index < -0.39 is 6.43 Å². The molecule has 0 fully saturated rings. The SMILES string of the molecule is FC(F)CCCS. The molecule has 0 rings (SSSR count). The van der Waals surface area contributed by atoms with Crippen molar-refractivity contribution in [2.75, 3.05) is 5.75 Å². The van der Waals surface area contributed by atoms with Crippen LogP contribution in [0.4, 0.5) is 8.78 Å². The van der Waals surface area contributed by atoms with E-state index in [-0.39, 0.29) is 6.42 Å². The normalized spacial score (nSPS) is 10.3. The van der Waals surface area contributed by atoms with Gasteiger partial charge >= 0.3 is 0 Å². The van der Waals surface area contributed by atoms with Gasteiger partial charge in [-0.1, -0.05) is 0 Å². The highest BCUT2D eigenvalue weighted by Crippen LogP contribution is 2.02. The first kappa shape index (κ1) is 7.21. The van der Waals surface area contributed by atoms with Gasteiger partial charge in [-0.05, 0) is 12.2 Å². The van der Waals surface area contributed by atoms with E-state index in [1.54, 1.807) is 0 Å². The molecule has 7 heavy (non-hydrogen) atoms. The zero-order chi connectivity index (χ0) is 5.70. The minimum atomic E-state index is -2.15. The minimum Gasteiger partial charge on any atom is -0.211 e. The molecule has 0 radical (unpaired) electrons. The molecule has 0 aromatic heterocycles. The average molecular weight is 126 g/mol. The van der Waals surface area contributed by atoms with E-state index in [1.807, 2.05) is 0 Å². The van der Waals surface area contributed by atoms with Crippen LogP contribution in [0, 0.1) is 0 Å². The van der Waals surface area contributed by atoms with Crippen LogP contribution < -0.4 is 0 Å². The molecule has 3 heteroatoms. The Morgan fingerprint density at radius 3 is 2.14 bits per heavy atom. The first-order chi connectivity index (χ1) is 3.27. The second-order valence-electron chi connectivity index (χ2n) is 1.26. The van der Waals surface area contributed by atoms with Crippen LogP contribution in [-0.2, 0) is 0 Å². The number of rotatable bonds is 3. The molecule has 0 bridgehead atoms. The number of thiol groups is 1. The van der Waals surface area contributed by atoms with Crippen molar-refractivity contribution in [2.45, 2.75) is 19.3 Å². The minimum absolute atomic E-state index is 0.0104. The summed E-state index contributed by atoms with van der Waals surface area (Å²) in [5, 5.41) is 0. The first-order valence-electron chi connectivity index (χ1n) is 2.16. The van der Waals surface area contributed by atoms with Gasteiger partial charge in [-0.15, -0.1) is 0 Å². The monoisotopic (exact) mass is 126 g/mol. The maximum atomic E-state index is 11.2. The highest BCUT2D eigenvalue weighted by molar-refractivity contribution is 7.80. The second-order valence-corrected chi connectivity index (χ2v) is 1.70. The van der Waals surface area contributed by atoms with Crippen molar-refractivity contribution >= 4 is 12.6 Å². The van der Waals surface area contributed by atoms with Crippen LogP contribution >= 0.6 is 12.6 Å². The lowest BCUT2D eigenvalue weighted by Gasteiger charge is -1.91. The lowest BCUT2D eigenvalue weighted by molar-refractivity contribution is 0.137. The topological polar surface area (TPSA) is 0 Å². The van der Waals surface area contributed by atoms with E-state index in [9.17, 15) is 8.78 Å². The van der Waals surface area contributed by atoms with Crippen molar-refractivity contribution in [1.82, 2.24) is 0 Å². The molecule has 0 heterocycles. The van der Waals surface area contributed by atoms with Crippen molar-refractivity contribution in [1.29, 1.82) is 0 Å². The van der Waals surface area contributed by atoms with Gasteiger partial charge in [-0.3, -0.25) is 0 Å². The Morgan fingerprint density at radius 1 is 1.43 bits per heavy atom. The molecule has 0 unspecified atom stereocenters. The fourth-order valence-electron chi connectivity index (χ4n) is 0.246. The summed E-state index contributed by atoms with van der Waals surface area (Å²) in [7, 11) is 0. The van der Waals surface area contributed by atoms with Gasteiger partial charge in [0.05, 0.1) is 0 Å². The smallest absolute Gasteiger partial charge is 0.211 e. The molecule has 0 N–H and O–H groups in total. The predicted molar refractivity (Wildman–Crippen MR) is 29.1 cm³/mol. The highest BCUT2D eigenvalue weighted by atomic mass is 32.1. The quantitative estimate of drug-likeness (QED) is 0.549. The van der Waals surface area contributed by atoms with Crippen LogP contribution in [0.3, 0.4) is 0 Å². The maximum Gasteiger partial charge on any atom is 0.238 e. The van der Waals surface area contributed by atoms with E-state index in [1.165, 1.54) is 0 Å². The van der Waals surface area contributed by atoms with Gasteiger partial charge in [0.25, 0.3) is 0 Å². The van der Waals surface area contributed by atoms with Gasteiger partial charge < -0.3 is 0 Å². The number of alkyl halides is 2. The molecule has 0 aliphatic carbocycles. The first-order valence-corrected chi connectivity index (χ1v) is 2.79. The lowest BCUT2D eigenvalue weighted by atomic mass is 10.4. The third-order valence-corrected chi connectivity index (χ3v) is 0.897. The van der Waals surface area contributed by atoms with Crippen molar-refractivity contribution in [3.63, 3.8) is 0 Å². The third-order valence-electron chi connectivity index (χ3n) is 0.580. The summed E-state index contributed by atoms with van der Waals surface area (Å²) in [5.41, 5.74) is 0. The molecule has 0 aromatic carbocycles. The molecule has 0 nitrogen and oxygen atoms in total. The van der Waals surface area contributed by atoms with E-state index in [4.69, 9.17) is 0 Å². The van der Waals surface area contributed by atoms with Crippen molar-refractivity contribution in [3.05, 3.63) is 0 Å². The summed E-state index contributed by atoms with van der Waals surface area (Å²) < 4.78 is 22.4. The summed E-state index contributed by atoms with van der Waals surface area (Å²) in [6.45, 7) is 0. The Balaban J connectivity index is 2.68. The Labute approximate surface area is 47.3 Å². The zero-order valence-corrected chi connectivity index (χ0v) is 4.80. The highest BCUT2D eigenvalue weighted by Gasteiger charge is 1.97. The largest absolute Gasteiger partial charge is 0.238 e. The second kappa shape index (κ2) is 4.37. The van der Waals surface area contributed by atoms with E-state index in [2.05, 4.69) is 12.6 Å². The fourth-order valence-corrected chi connectivity index (χ4v) is 0.428. The summed E-state index contributed by atoms with van der Waals surface area (Å²) in [5.74, 6) is 0.560. The van der Waals surface area contributed by atoms with E-state index in [0.717, 1.165) is 0 Å². The Bertz CT molecular complexity index is 38.7. The van der Waals surface area contributed by atoms with Gasteiger partial charge in [0.1, 0.15) is 0 Å². The molecule has 0 saturated carbocycles. The van der Waals surface area contributed by atoms with Crippen molar-refractivity contribution in [3.8, 4) is 0 Å². The third kappa shape index (κ3) is 6.21. The van der Waals surface area contributed by atoms with Crippen LogP contribution in [0.25, 0.3) is 0 Å². The van der Waals surface area contributed by atoms with Gasteiger partial charge in [0.2, 0.25) is 6.43 Å². The molecule has 0 spiro atoms. The molecule has 0 amide bonds. The van der Waals surface area contributed by atoms with Gasteiger partial charge in [-0.25, -0.2) is 8.78 Å². The van der Waals surface area contributed by atoms with Crippen LogP contribution in [0.2, 0.25) is 0 Å². The lowest BCUT2D eigenvalue weighted by Crippen LogP contribution is -1.88. The molecule has 0 aliphatic heterocycles. The van der Waals surface area contributed by atoms with Crippen LogP contribution in [0.15, 0.2) is 0 Å². The molecular formula is C4H8F2S. The van der Waals surface area contributed by atoms with Gasteiger partial charge in [0, 0.05) is 6.42 Å². The van der Waals surface area contributed by atoms with E-state index in [0.29, 0.717) is 12.2 Å². The zero-order valence-electron chi connectivity index (χ0n) is 3.90. The van der Waals surface area contributed by atoms with Crippen molar-refractivity contribution in [2.24, 2.45) is 0 Å². The number of hydrogen-bond acceptors (Lipinski definition) is 1. The molecule has 0 aliphatic rings. The fraction of sp³-hybridized carbons (Fsp3) is 1.00. The molecule has 44 valence electrons. The van der Waals surface area contributed by atoms with Gasteiger partial charge in [-0.2, -0.15) is 12.6 Å². The average Bonchev–Trinajstić information content (AvgIpc) is 1.61. The molecule has 0 atom stereocenters. The summed E-state index contributed by atoms with van der Waals surface area (Å²) in [6, 6.07) is 0. The summed E-state index contributed by atoms with van der Waals surface area (Å²) in [4.78, 5) is 0.